The Bertz CT molecular complexity index is 1100. The first-order valence-corrected chi connectivity index (χ1v) is 10.5. The molecule has 6 heteroatoms. The van der Waals surface area contributed by atoms with Crippen molar-refractivity contribution in [3.05, 3.63) is 59.8 Å². The third kappa shape index (κ3) is 5.25. The highest BCUT2D eigenvalue weighted by Gasteiger charge is 2.17. The van der Waals surface area contributed by atoms with E-state index in [9.17, 15) is 4.79 Å². The van der Waals surface area contributed by atoms with E-state index < -0.39 is 5.97 Å². The van der Waals surface area contributed by atoms with Gasteiger partial charge in [-0.2, -0.15) is 5.10 Å². The second-order valence-corrected chi connectivity index (χ2v) is 7.85. The lowest BCUT2D eigenvalue weighted by Gasteiger charge is -2.11. The Morgan fingerprint density at radius 2 is 2.16 bits per heavy atom. The average Bonchev–Trinajstić information content (AvgIpc) is 3.42. The summed E-state index contributed by atoms with van der Waals surface area (Å²) in [5.41, 5.74) is 3.08. The summed E-state index contributed by atoms with van der Waals surface area (Å²) >= 11 is 0. The van der Waals surface area contributed by atoms with Crippen LogP contribution in [0.15, 0.2) is 48.7 Å². The Labute approximate surface area is 181 Å². The molecule has 0 amide bonds. The maximum atomic E-state index is 11.1. The van der Waals surface area contributed by atoms with Gasteiger partial charge < -0.3 is 14.6 Å². The number of fused-ring (bicyclic) bond motifs is 1. The smallest absolute Gasteiger partial charge is 0.304 e. The molecule has 0 radical (unpaired) electrons. The highest BCUT2D eigenvalue weighted by atomic mass is 16.5. The molecule has 1 fully saturated rings. The van der Waals surface area contributed by atoms with Gasteiger partial charge in [-0.1, -0.05) is 24.1 Å². The number of hydrogen-bond acceptors (Lipinski definition) is 4. The Morgan fingerprint density at radius 1 is 1.32 bits per heavy atom. The van der Waals surface area contributed by atoms with Crippen LogP contribution >= 0.6 is 0 Å². The Morgan fingerprint density at radius 3 is 2.87 bits per heavy atom. The van der Waals surface area contributed by atoms with Crippen molar-refractivity contribution in [1.29, 1.82) is 0 Å². The first-order chi connectivity index (χ1) is 15.1. The molecule has 0 saturated carbocycles. The van der Waals surface area contributed by atoms with Gasteiger partial charge in [0.15, 0.2) is 0 Å². The van der Waals surface area contributed by atoms with Crippen LogP contribution in [0, 0.1) is 17.8 Å². The molecular weight excluding hydrogens is 392 g/mol. The fourth-order valence-electron chi connectivity index (χ4n) is 3.91. The third-order valence-corrected chi connectivity index (χ3v) is 5.55. The summed E-state index contributed by atoms with van der Waals surface area (Å²) in [7, 11) is 0. The molecule has 2 atom stereocenters. The van der Waals surface area contributed by atoms with Crippen LogP contribution in [-0.4, -0.2) is 34.1 Å². The zero-order valence-electron chi connectivity index (χ0n) is 17.6. The van der Waals surface area contributed by atoms with Gasteiger partial charge in [0, 0.05) is 24.5 Å². The van der Waals surface area contributed by atoms with Crippen LogP contribution in [0.3, 0.4) is 0 Å². The van der Waals surface area contributed by atoms with E-state index in [2.05, 4.69) is 39.8 Å². The van der Waals surface area contributed by atoms with E-state index in [1.807, 2.05) is 30.5 Å². The quantitative estimate of drug-likeness (QED) is 0.554. The first kappa shape index (κ1) is 21.0. The van der Waals surface area contributed by atoms with Crippen LogP contribution in [0.5, 0.6) is 5.75 Å². The first-order valence-electron chi connectivity index (χ1n) is 10.5. The number of aliphatic carboxylic acids is 1. The number of benzene rings is 2. The van der Waals surface area contributed by atoms with Crippen molar-refractivity contribution in [2.24, 2.45) is 5.92 Å². The lowest BCUT2D eigenvalue weighted by molar-refractivity contribution is -0.137. The van der Waals surface area contributed by atoms with E-state index in [-0.39, 0.29) is 12.3 Å². The summed E-state index contributed by atoms with van der Waals surface area (Å²) in [5.74, 6) is 5.87. The summed E-state index contributed by atoms with van der Waals surface area (Å²) < 4.78 is 13.5. The maximum Gasteiger partial charge on any atom is 0.304 e. The zero-order chi connectivity index (χ0) is 21.6. The predicted octanol–water partition coefficient (Wildman–Crippen LogP) is 4.23. The number of carboxylic acids is 1. The number of nitrogens with zero attached hydrogens (tertiary/aromatic N) is 2. The normalized spacial score (nSPS) is 16.6. The molecule has 1 aromatic heterocycles. The Hall–Kier alpha value is -3.30. The number of hydrogen-bond donors (Lipinski definition) is 1. The summed E-state index contributed by atoms with van der Waals surface area (Å²) in [6, 6.07) is 13.8. The van der Waals surface area contributed by atoms with Gasteiger partial charge in [-0.15, -0.1) is 5.92 Å². The van der Waals surface area contributed by atoms with Crippen LogP contribution in [0.25, 0.3) is 10.9 Å². The molecule has 6 nitrogen and oxygen atoms in total. The third-order valence-electron chi connectivity index (χ3n) is 5.55. The van der Waals surface area contributed by atoms with Gasteiger partial charge in [0.1, 0.15) is 12.4 Å². The van der Waals surface area contributed by atoms with Crippen LogP contribution in [-0.2, 0) is 22.7 Å². The Balaban J connectivity index is 1.39. The summed E-state index contributed by atoms with van der Waals surface area (Å²) in [5, 5.41) is 14.7. The van der Waals surface area contributed by atoms with Gasteiger partial charge in [0.05, 0.1) is 30.7 Å². The fourth-order valence-corrected chi connectivity index (χ4v) is 3.91. The van der Waals surface area contributed by atoms with E-state index >= 15 is 0 Å². The van der Waals surface area contributed by atoms with Crippen molar-refractivity contribution in [2.45, 2.75) is 38.8 Å². The van der Waals surface area contributed by atoms with E-state index in [4.69, 9.17) is 14.6 Å². The molecule has 2 heterocycles. The topological polar surface area (TPSA) is 73.6 Å². The molecule has 0 bridgehead atoms. The van der Waals surface area contributed by atoms with Crippen molar-refractivity contribution < 1.29 is 19.4 Å². The lowest BCUT2D eigenvalue weighted by atomic mass is 9.96. The van der Waals surface area contributed by atoms with Crippen molar-refractivity contribution in [1.82, 2.24) is 9.78 Å². The van der Waals surface area contributed by atoms with Crippen LogP contribution in [0.1, 0.15) is 36.8 Å². The largest absolute Gasteiger partial charge is 0.489 e. The second kappa shape index (κ2) is 9.67. The number of rotatable bonds is 8. The van der Waals surface area contributed by atoms with Crippen LogP contribution < -0.4 is 4.74 Å². The van der Waals surface area contributed by atoms with Crippen molar-refractivity contribution in [3.63, 3.8) is 0 Å². The predicted molar refractivity (Wildman–Crippen MR) is 118 cm³/mol. The molecule has 2 aromatic carbocycles. The molecule has 4 rings (SSSR count). The molecule has 0 spiro atoms. The van der Waals surface area contributed by atoms with E-state index in [0.29, 0.717) is 12.5 Å². The molecule has 31 heavy (non-hydrogen) atoms. The van der Waals surface area contributed by atoms with E-state index in [1.165, 1.54) is 0 Å². The van der Waals surface area contributed by atoms with Crippen LogP contribution in [0.4, 0.5) is 0 Å². The molecule has 0 aliphatic carbocycles. The van der Waals surface area contributed by atoms with Crippen molar-refractivity contribution in [2.75, 3.05) is 13.2 Å². The maximum absolute atomic E-state index is 11.1. The van der Waals surface area contributed by atoms with Gasteiger partial charge in [0.25, 0.3) is 0 Å². The minimum absolute atomic E-state index is 0.0114. The number of aromatic nitrogens is 2. The molecule has 1 aliphatic rings. The van der Waals surface area contributed by atoms with Crippen molar-refractivity contribution >= 4 is 16.9 Å². The van der Waals surface area contributed by atoms with Gasteiger partial charge in [0.2, 0.25) is 0 Å². The molecule has 1 saturated heterocycles. The number of carboxylic acid groups (broad SMARTS) is 1. The molecule has 1 N–H and O–H groups in total. The summed E-state index contributed by atoms with van der Waals surface area (Å²) in [4.78, 5) is 11.1. The molecular formula is C25H26N2O4. The second-order valence-electron chi connectivity index (χ2n) is 7.85. The molecule has 3 aromatic rings. The number of carbonyl (C=O) groups is 1. The molecule has 160 valence electrons. The minimum Gasteiger partial charge on any atom is -0.489 e. The van der Waals surface area contributed by atoms with Gasteiger partial charge in [-0.3, -0.25) is 9.48 Å². The lowest BCUT2D eigenvalue weighted by Crippen LogP contribution is -2.11. The summed E-state index contributed by atoms with van der Waals surface area (Å²) in [6.07, 6.45) is 2.98. The average molecular weight is 418 g/mol. The minimum atomic E-state index is -0.858. The Kier molecular flexibility index (Phi) is 6.54. The van der Waals surface area contributed by atoms with Crippen molar-refractivity contribution in [3.8, 4) is 17.6 Å². The van der Waals surface area contributed by atoms with Gasteiger partial charge in [-0.05, 0) is 48.7 Å². The highest BCUT2D eigenvalue weighted by molar-refractivity contribution is 5.79. The summed E-state index contributed by atoms with van der Waals surface area (Å²) in [6.45, 7) is 4.71. The van der Waals surface area contributed by atoms with E-state index in [0.717, 1.165) is 54.0 Å². The van der Waals surface area contributed by atoms with Gasteiger partial charge in [-0.25, -0.2) is 0 Å². The molecule has 0 unspecified atom stereocenters. The highest BCUT2D eigenvalue weighted by Crippen LogP contribution is 2.24. The fraction of sp³-hybridized carbons (Fsp3) is 0.360. The number of ether oxygens (including phenoxy) is 2. The van der Waals surface area contributed by atoms with E-state index in [1.54, 1.807) is 6.92 Å². The SMILES string of the molecule is CC#C[C@@H](CC(=O)O)c1ccc(OCc2ccc3c(cnn3C[C@@H]3CCOC3)c2)cc1. The molecule has 1 aliphatic heterocycles. The van der Waals surface area contributed by atoms with Gasteiger partial charge >= 0.3 is 5.97 Å². The zero-order valence-corrected chi connectivity index (χ0v) is 17.6. The van der Waals surface area contributed by atoms with Crippen LogP contribution in [0.2, 0.25) is 0 Å². The monoisotopic (exact) mass is 418 g/mol. The standard InChI is InChI=1S/C25H26N2O4/c1-2-3-21(13-25(28)29)20-5-7-23(8-6-20)31-17-18-4-9-24-22(12-18)14-26-27(24)15-19-10-11-30-16-19/h4-9,12,14,19,21H,10-11,13,15-17H2,1H3,(H,28,29)/t19-,21-/m0/s1.